The average Bonchev–Trinajstić information content (AvgIpc) is 3.20. The molecule has 0 bridgehead atoms. The van der Waals surface area contributed by atoms with Crippen molar-refractivity contribution in [3.05, 3.63) is 44.7 Å². The van der Waals surface area contributed by atoms with Crippen LogP contribution in [0.15, 0.2) is 18.5 Å². The molecule has 0 spiro atoms. The number of pyridine rings is 1. The van der Waals surface area contributed by atoms with E-state index in [1.165, 1.54) is 0 Å². The van der Waals surface area contributed by atoms with Gasteiger partial charge in [0.15, 0.2) is 0 Å². The molecule has 0 aliphatic carbocycles. The van der Waals surface area contributed by atoms with Crippen LogP contribution in [-0.2, 0) is 11.3 Å². The summed E-state index contributed by atoms with van der Waals surface area (Å²) in [5, 5.41) is 17.2. The molecule has 0 aromatic carbocycles. The van der Waals surface area contributed by atoms with Gasteiger partial charge in [-0.3, -0.25) is 24.4 Å². The molecule has 0 saturated carbocycles. The predicted octanol–water partition coefficient (Wildman–Crippen LogP) is 2.38. The molecular weight excluding hydrogens is 398 g/mol. The number of aromatic nitrogens is 3. The normalized spacial score (nSPS) is 11.1. The minimum Gasteiger partial charge on any atom is -0.365 e. The number of aryl methyl sites for hydroxylation is 1. The Morgan fingerprint density at radius 2 is 2.18 bits per heavy atom. The van der Waals surface area contributed by atoms with Gasteiger partial charge in [0.25, 0.3) is 12.3 Å². The van der Waals surface area contributed by atoms with E-state index in [-0.39, 0.29) is 27.6 Å². The number of halogens is 2. The molecule has 0 unspecified atom stereocenters. The first-order valence-electron chi connectivity index (χ1n) is 7.66. The maximum Gasteiger partial charge on any atom is 0.307 e. The number of nitrogens with zero attached hydrogens (tertiary/aromatic N) is 4. The third-order valence-electron chi connectivity index (χ3n) is 3.73. The van der Waals surface area contributed by atoms with Gasteiger partial charge in [-0.25, -0.2) is 13.8 Å². The highest BCUT2D eigenvalue weighted by molar-refractivity contribution is 7.21. The van der Waals surface area contributed by atoms with Crippen molar-refractivity contribution in [1.29, 1.82) is 0 Å². The molecule has 0 saturated heterocycles. The summed E-state index contributed by atoms with van der Waals surface area (Å²) in [5.74, 6) is -1.50. The molecular formula is C15H12F2N6O4S. The van der Waals surface area contributed by atoms with Crippen molar-refractivity contribution in [1.82, 2.24) is 14.8 Å². The maximum atomic E-state index is 13.0. The highest BCUT2D eigenvalue weighted by Crippen LogP contribution is 2.38. The first kappa shape index (κ1) is 19.3. The van der Waals surface area contributed by atoms with Gasteiger partial charge in [-0.2, -0.15) is 5.10 Å². The van der Waals surface area contributed by atoms with E-state index >= 15 is 0 Å². The molecule has 3 rings (SSSR count). The Morgan fingerprint density at radius 1 is 1.46 bits per heavy atom. The topological polar surface area (TPSA) is 146 Å². The van der Waals surface area contributed by atoms with E-state index in [9.17, 15) is 28.5 Å². The number of nitro groups is 1. The van der Waals surface area contributed by atoms with Crippen LogP contribution in [0.1, 0.15) is 27.4 Å². The number of carbonyl (C=O) groups excluding carboxylic acids is 2. The molecule has 2 amide bonds. The van der Waals surface area contributed by atoms with Gasteiger partial charge in [-0.15, -0.1) is 11.3 Å². The molecule has 3 aromatic heterocycles. The van der Waals surface area contributed by atoms with E-state index in [2.05, 4.69) is 15.4 Å². The van der Waals surface area contributed by atoms with Crippen LogP contribution < -0.4 is 11.1 Å². The number of nitrogens with two attached hydrogens (primary N) is 1. The molecule has 0 aliphatic heterocycles. The standard InChI is InChI=1S/C15H12F2N6O4S/c1-6-2-8(13(16)17)20-15-10(6)11(12(28-15)14(18)25)21-9(24)5-22-4-7(3-19-22)23(26)27/h2-4,13H,5H2,1H3,(H2,18,25)(H,21,24). The lowest BCUT2D eigenvalue weighted by atomic mass is 10.1. The van der Waals surface area contributed by atoms with Crippen LogP contribution in [0.3, 0.4) is 0 Å². The summed E-state index contributed by atoms with van der Waals surface area (Å²) in [7, 11) is 0. The Kier molecular flexibility index (Phi) is 5.00. The monoisotopic (exact) mass is 410 g/mol. The number of amides is 2. The van der Waals surface area contributed by atoms with Gasteiger partial charge < -0.3 is 11.1 Å². The summed E-state index contributed by atoms with van der Waals surface area (Å²) in [5.41, 5.74) is 5.05. The number of primary amides is 1. The number of thiophene rings is 1. The maximum absolute atomic E-state index is 13.0. The summed E-state index contributed by atoms with van der Waals surface area (Å²) >= 11 is 0.789. The van der Waals surface area contributed by atoms with Gasteiger partial charge in [0.05, 0.1) is 10.6 Å². The summed E-state index contributed by atoms with van der Waals surface area (Å²) in [6.45, 7) is 1.17. The summed E-state index contributed by atoms with van der Waals surface area (Å²) in [6, 6.07) is 1.16. The van der Waals surface area contributed by atoms with E-state index in [0.717, 1.165) is 34.5 Å². The Labute approximate surface area is 159 Å². The van der Waals surface area contributed by atoms with E-state index in [4.69, 9.17) is 5.73 Å². The third-order valence-corrected chi connectivity index (χ3v) is 4.83. The lowest BCUT2D eigenvalue weighted by molar-refractivity contribution is -0.385. The van der Waals surface area contributed by atoms with Crippen molar-refractivity contribution in [2.75, 3.05) is 5.32 Å². The number of hydrogen-bond donors (Lipinski definition) is 2. The third kappa shape index (κ3) is 3.64. The fraction of sp³-hybridized carbons (Fsp3) is 0.200. The van der Waals surface area contributed by atoms with E-state index in [1.54, 1.807) is 6.92 Å². The van der Waals surface area contributed by atoms with Crippen LogP contribution in [0.5, 0.6) is 0 Å². The summed E-state index contributed by atoms with van der Waals surface area (Å²) < 4.78 is 27.0. The second kappa shape index (κ2) is 7.26. The second-order valence-corrected chi connectivity index (χ2v) is 6.72. The smallest absolute Gasteiger partial charge is 0.307 e. The summed E-state index contributed by atoms with van der Waals surface area (Å²) in [4.78, 5) is 38.0. The lowest BCUT2D eigenvalue weighted by Gasteiger charge is -2.08. The zero-order chi connectivity index (χ0) is 20.6. The first-order chi connectivity index (χ1) is 13.2. The van der Waals surface area contributed by atoms with Crippen LogP contribution in [0.25, 0.3) is 10.2 Å². The fourth-order valence-electron chi connectivity index (χ4n) is 2.57. The van der Waals surface area contributed by atoms with Gasteiger partial charge in [-0.1, -0.05) is 0 Å². The molecule has 146 valence electrons. The number of hydrogen-bond acceptors (Lipinski definition) is 7. The quantitative estimate of drug-likeness (QED) is 0.471. The molecule has 28 heavy (non-hydrogen) atoms. The van der Waals surface area contributed by atoms with Crippen LogP contribution in [0, 0.1) is 17.0 Å². The number of alkyl halides is 2. The van der Waals surface area contributed by atoms with Crippen LogP contribution in [-0.4, -0.2) is 31.5 Å². The number of fused-ring (bicyclic) bond motifs is 1. The number of rotatable bonds is 6. The van der Waals surface area contributed by atoms with Crippen molar-refractivity contribution < 1.29 is 23.3 Å². The van der Waals surface area contributed by atoms with Crippen molar-refractivity contribution in [3.63, 3.8) is 0 Å². The predicted molar refractivity (Wildman–Crippen MR) is 95.3 cm³/mol. The molecule has 0 radical (unpaired) electrons. The Balaban J connectivity index is 1.96. The molecule has 0 atom stereocenters. The number of nitrogens with one attached hydrogen (secondary N) is 1. The minimum absolute atomic E-state index is 0.0446. The van der Waals surface area contributed by atoms with Gasteiger partial charge in [0.2, 0.25) is 5.91 Å². The average molecular weight is 410 g/mol. The fourth-order valence-corrected chi connectivity index (χ4v) is 3.64. The lowest BCUT2D eigenvalue weighted by Crippen LogP contribution is -2.21. The Bertz CT molecular complexity index is 1110. The minimum atomic E-state index is -2.80. The molecule has 13 heteroatoms. The highest BCUT2D eigenvalue weighted by Gasteiger charge is 2.23. The van der Waals surface area contributed by atoms with Crippen molar-refractivity contribution in [2.45, 2.75) is 19.9 Å². The summed E-state index contributed by atoms with van der Waals surface area (Å²) in [6.07, 6.45) is -0.736. The Hall–Kier alpha value is -3.48. The van der Waals surface area contributed by atoms with Crippen LogP contribution in [0.2, 0.25) is 0 Å². The van der Waals surface area contributed by atoms with E-state index in [0.29, 0.717) is 10.9 Å². The van der Waals surface area contributed by atoms with E-state index in [1.807, 2.05) is 0 Å². The number of anilines is 1. The largest absolute Gasteiger partial charge is 0.365 e. The number of carbonyl (C=O) groups is 2. The second-order valence-electron chi connectivity index (χ2n) is 5.72. The first-order valence-corrected chi connectivity index (χ1v) is 8.47. The Morgan fingerprint density at radius 3 is 2.75 bits per heavy atom. The van der Waals surface area contributed by atoms with Crippen molar-refractivity contribution in [2.24, 2.45) is 5.73 Å². The molecule has 3 N–H and O–H groups in total. The molecule has 0 fully saturated rings. The van der Waals surface area contributed by atoms with Gasteiger partial charge in [0, 0.05) is 5.39 Å². The van der Waals surface area contributed by atoms with Crippen LogP contribution in [0.4, 0.5) is 20.2 Å². The molecule has 0 aliphatic rings. The van der Waals surface area contributed by atoms with Crippen molar-refractivity contribution >= 4 is 44.7 Å². The van der Waals surface area contributed by atoms with E-state index < -0.39 is 28.9 Å². The zero-order valence-corrected chi connectivity index (χ0v) is 15.0. The van der Waals surface area contributed by atoms with Crippen molar-refractivity contribution in [3.8, 4) is 0 Å². The van der Waals surface area contributed by atoms with Gasteiger partial charge >= 0.3 is 5.69 Å². The molecule has 3 aromatic rings. The zero-order valence-electron chi connectivity index (χ0n) is 14.2. The van der Waals surface area contributed by atoms with Crippen LogP contribution >= 0.6 is 11.3 Å². The SMILES string of the molecule is Cc1cc(C(F)F)nc2sc(C(N)=O)c(NC(=O)Cn3cc([N+](=O)[O-])cn3)c12. The molecule has 3 heterocycles. The molecule has 10 nitrogen and oxygen atoms in total. The van der Waals surface area contributed by atoms with Gasteiger partial charge in [0.1, 0.15) is 34.3 Å². The van der Waals surface area contributed by atoms with Gasteiger partial charge in [-0.05, 0) is 18.6 Å². The highest BCUT2D eigenvalue weighted by atomic mass is 32.1.